The van der Waals surface area contributed by atoms with Crippen LogP contribution in [0.5, 0.6) is 5.75 Å². The number of rotatable bonds is 7. The van der Waals surface area contributed by atoms with E-state index in [-0.39, 0.29) is 33.7 Å². The van der Waals surface area contributed by atoms with Gasteiger partial charge in [0.25, 0.3) is 11.5 Å². The minimum Gasteiger partial charge on any atom is -0.476 e. The number of amides is 1. The summed E-state index contributed by atoms with van der Waals surface area (Å²) in [5.41, 5.74) is 0.0197. The minimum atomic E-state index is -0.630. The van der Waals surface area contributed by atoms with E-state index < -0.39 is 17.2 Å². The fourth-order valence-electron chi connectivity index (χ4n) is 5.02. The standard InChI is InChI=1S/C27H28ClN5O6/c28-20-14-19(25(23(15-20)33(36)37)39-17-24(34)31-10-12-38-13-11-31)16-29-32-26(18-6-2-1-3-7-18)30-22-9-5-4-8-21(22)27(32)35/h4-5,8-9,14-16,18H,1-3,6-7,10-13,17H2. The van der Waals surface area contributed by atoms with Crippen molar-refractivity contribution in [3.63, 3.8) is 0 Å². The molecule has 0 spiro atoms. The maximum Gasteiger partial charge on any atom is 0.313 e. The fourth-order valence-corrected chi connectivity index (χ4v) is 5.24. The van der Waals surface area contributed by atoms with Gasteiger partial charge in [-0.25, -0.2) is 4.98 Å². The average Bonchev–Trinajstić information content (AvgIpc) is 2.96. The van der Waals surface area contributed by atoms with Crippen molar-refractivity contribution in [1.29, 1.82) is 0 Å². The molecular weight excluding hydrogens is 526 g/mol. The minimum absolute atomic E-state index is 0.0590. The number of nitrogens with zero attached hydrogens (tertiary/aromatic N) is 5. The Labute approximate surface area is 229 Å². The van der Waals surface area contributed by atoms with E-state index >= 15 is 0 Å². The molecule has 12 heteroatoms. The highest BCUT2D eigenvalue weighted by Gasteiger charge is 2.25. The van der Waals surface area contributed by atoms with Gasteiger partial charge in [0, 0.05) is 35.7 Å². The number of carbonyl (C=O) groups is 1. The second kappa shape index (κ2) is 11.9. The summed E-state index contributed by atoms with van der Waals surface area (Å²) < 4.78 is 12.3. The van der Waals surface area contributed by atoms with Gasteiger partial charge >= 0.3 is 5.69 Å². The lowest BCUT2D eigenvalue weighted by Crippen LogP contribution is -2.43. The molecule has 0 N–H and O–H groups in total. The highest BCUT2D eigenvalue weighted by molar-refractivity contribution is 6.31. The lowest BCUT2D eigenvalue weighted by molar-refractivity contribution is -0.385. The number of ether oxygens (including phenoxy) is 2. The maximum atomic E-state index is 13.5. The highest BCUT2D eigenvalue weighted by Crippen LogP contribution is 2.35. The Morgan fingerprint density at radius 2 is 1.95 bits per heavy atom. The molecule has 1 aromatic heterocycles. The molecule has 0 bridgehead atoms. The van der Waals surface area contributed by atoms with Crippen molar-refractivity contribution in [2.75, 3.05) is 32.9 Å². The van der Waals surface area contributed by atoms with Gasteiger partial charge in [0.05, 0.1) is 35.3 Å². The highest BCUT2D eigenvalue weighted by atomic mass is 35.5. The van der Waals surface area contributed by atoms with Crippen LogP contribution in [-0.4, -0.2) is 64.5 Å². The Morgan fingerprint density at radius 3 is 2.69 bits per heavy atom. The molecule has 2 aliphatic rings. The molecule has 1 amide bonds. The van der Waals surface area contributed by atoms with E-state index in [9.17, 15) is 19.7 Å². The third kappa shape index (κ3) is 5.94. The van der Waals surface area contributed by atoms with Crippen LogP contribution < -0.4 is 10.3 Å². The zero-order valence-electron chi connectivity index (χ0n) is 21.3. The van der Waals surface area contributed by atoms with Gasteiger partial charge in [-0.05, 0) is 31.0 Å². The molecule has 39 heavy (non-hydrogen) atoms. The van der Waals surface area contributed by atoms with Gasteiger partial charge in [0.15, 0.2) is 6.61 Å². The van der Waals surface area contributed by atoms with E-state index in [0.29, 0.717) is 43.0 Å². The number of hydrogen-bond donors (Lipinski definition) is 0. The zero-order chi connectivity index (χ0) is 27.4. The number of benzene rings is 2. The predicted octanol–water partition coefficient (Wildman–Crippen LogP) is 4.13. The zero-order valence-corrected chi connectivity index (χ0v) is 22.0. The lowest BCUT2D eigenvalue weighted by Gasteiger charge is -2.26. The first-order valence-corrected chi connectivity index (χ1v) is 13.3. The van der Waals surface area contributed by atoms with Crippen LogP contribution in [0.1, 0.15) is 49.4 Å². The van der Waals surface area contributed by atoms with E-state index in [1.54, 1.807) is 23.1 Å². The summed E-state index contributed by atoms with van der Waals surface area (Å²) in [6.07, 6.45) is 6.28. The van der Waals surface area contributed by atoms with Crippen molar-refractivity contribution < 1.29 is 19.2 Å². The Hall–Kier alpha value is -3.83. The van der Waals surface area contributed by atoms with Crippen molar-refractivity contribution in [2.24, 2.45) is 5.10 Å². The van der Waals surface area contributed by atoms with Gasteiger partial charge in [-0.3, -0.25) is 19.7 Å². The van der Waals surface area contributed by atoms with Gasteiger partial charge < -0.3 is 14.4 Å². The first-order valence-electron chi connectivity index (χ1n) is 12.9. The monoisotopic (exact) mass is 553 g/mol. The largest absolute Gasteiger partial charge is 0.476 e. The molecule has 2 aromatic carbocycles. The summed E-state index contributed by atoms with van der Waals surface area (Å²) in [5.74, 6) is 0.135. The molecular formula is C27H28ClN5O6. The Balaban J connectivity index is 1.54. The van der Waals surface area contributed by atoms with Crippen LogP contribution in [0.2, 0.25) is 5.02 Å². The SMILES string of the molecule is O=C(COc1c(C=Nn2c(C3CCCCC3)nc3ccccc3c2=O)cc(Cl)cc1[N+](=O)[O-])N1CCOCC1. The van der Waals surface area contributed by atoms with Crippen molar-refractivity contribution in [3.8, 4) is 5.75 Å². The second-order valence-electron chi connectivity index (χ2n) is 9.57. The molecule has 0 atom stereocenters. The van der Waals surface area contributed by atoms with Gasteiger partial charge in [0.1, 0.15) is 5.82 Å². The first-order chi connectivity index (χ1) is 18.9. The van der Waals surface area contributed by atoms with Crippen molar-refractivity contribution in [1.82, 2.24) is 14.6 Å². The summed E-state index contributed by atoms with van der Waals surface area (Å²) in [4.78, 5) is 43.8. The van der Waals surface area contributed by atoms with E-state index in [1.165, 1.54) is 17.0 Å². The van der Waals surface area contributed by atoms with E-state index in [2.05, 4.69) is 5.10 Å². The molecule has 5 rings (SSSR count). The normalized spacial score (nSPS) is 16.6. The van der Waals surface area contributed by atoms with Gasteiger partial charge in [-0.15, -0.1) is 0 Å². The number of aromatic nitrogens is 2. The number of para-hydroxylation sites is 1. The van der Waals surface area contributed by atoms with Gasteiger partial charge in [0.2, 0.25) is 5.75 Å². The Kier molecular flexibility index (Phi) is 8.18. The van der Waals surface area contributed by atoms with Crippen molar-refractivity contribution in [2.45, 2.75) is 38.0 Å². The van der Waals surface area contributed by atoms with Crippen LogP contribution in [0, 0.1) is 10.1 Å². The fraction of sp³-hybridized carbons (Fsp3) is 0.407. The van der Waals surface area contributed by atoms with Crippen LogP contribution in [0.25, 0.3) is 10.9 Å². The summed E-state index contributed by atoms with van der Waals surface area (Å²) in [7, 11) is 0. The Bertz CT molecular complexity index is 1480. The molecule has 2 fully saturated rings. The molecule has 204 valence electrons. The second-order valence-corrected chi connectivity index (χ2v) is 10.0. The number of morpholine rings is 1. The van der Waals surface area contributed by atoms with Crippen LogP contribution >= 0.6 is 11.6 Å². The smallest absolute Gasteiger partial charge is 0.313 e. The van der Waals surface area contributed by atoms with Gasteiger partial charge in [-0.2, -0.15) is 9.78 Å². The number of hydrogen-bond acceptors (Lipinski definition) is 8. The quantitative estimate of drug-likeness (QED) is 0.244. The molecule has 11 nitrogen and oxygen atoms in total. The summed E-state index contributed by atoms with van der Waals surface area (Å²) in [5, 5.41) is 16.8. The molecule has 1 saturated carbocycles. The molecule has 1 aliphatic heterocycles. The summed E-state index contributed by atoms with van der Waals surface area (Å²) in [6.45, 7) is 1.27. The molecule has 0 unspecified atom stereocenters. The van der Waals surface area contributed by atoms with E-state index in [4.69, 9.17) is 26.1 Å². The molecule has 2 heterocycles. The number of carbonyl (C=O) groups excluding carboxylic acids is 1. The van der Waals surface area contributed by atoms with Crippen molar-refractivity contribution >= 4 is 40.3 Å². The van der Waals surface area contributed by atoms with Crippen LogP contribution in [0.15, 0.2) is 46.3 Å². The average molecular weight is 554 g/mol. The number of halogens is 1. The number of nitro benzene ring substituents is 1. The third-order valence-electron chi connectivity index (χ3n) is 7.02. The number of fused-ring (bicyclic) bond motifs is 1. The third-order valence-corrected chi connectivity index (χ3v) is 7.24. The predicted molar refractivity (Wildman–Crippen MR) is 146 cm³/mol. The molecule has 0 radical (unpaired) electrons. The summed E-state index contributed by atoms with van der Waals surface area (Å²) in [6, 6.07) is 9.70. The Morgan fingerprint density at radius 1 is 1.21 bits per heavy atom. The first kappa shape index (κ1) is 26.8. The lowest BCUT2D eigenvalue weighted by atomic mass is 9.88. The van der Waals surface area contributed by atoms with Crippen LogP contribution in [0.3, 0.4) is 0 Å². The van der Waals surface area contributed by atoms with Gasteiger partial charge in [-0.1, -0.05) is 43.0 Å². The van der Waals surface area contributed by atoms with E-state index in [1.807, 2.05) is 6.07 Å². The van der Waals surface area contributed by atoms with E-state index in [0.717, 1.165) is 38.2 Å². The topological polar surface area (TPSA) is 129 Å². The summed E-state index contributed by atoms with van der Waals surface area (Å²) >= 11 is 6.20. The molecule has 1 aliphatic carbocycles. The van der Waals surface area contributed by atoms with Crippen LogP contribution in [0.4, 0.5) is 5.69 Å². The molecule has 1 saturated heterocycles. The maximum absolute atomic E-state index is 13.5. The number of nitro groups is 1. The van der Waals surface area contributed by atoms with Crippen LogP contribution in [-0.2, 0) is 9.53 Å². The molecule has 3 aromatic rings. The van der Waals surface area contributed by atoms with Crippen molar-refractivity contribution in [3.05, 3.63) is 73.3 Å².